The molecule has 2 N–H and O–H groups in total. The van der Waals surface area contributed by atoms with Gasteiger partial charge in [-0.1, -0.05) is 30.3 Å². The Balaban J connectivity index is 1.38. The number of aliphatic hydroxyl groups is 1. The molecule has 3 rings (SSSR count). The zero-order valence-electron chi connectivity index (χ0n) is 11.3. The second-order valence-electron chi connectivity index (χ2n) is 5.76. The molecule has 0 amide bonds. The lowest BCUT2D eigenvalue weighted by molar-refractivity contribution is -0.00405. The summed E-state index contributed by atoms with van der Waals surface area (Å²) in [5.74, 6) is 0. The smallest absolute Gasteiger partial charge is 0.0794 e. The average Bonchev–Trinajstić information content (AvgIpc) is 2.82. The van der Waals surface area contributed by atoms with Gasteiger partial charge >= 0.3 is 0 Å². The highest BCUT2D eigenvalue weighted by Gasteiger charge is 2.26. The second kappa shape index (κ2) is 6.01. The van der Waals surface area contributed by atoms with E-state index in [0.29, 0.717) is 6.04 Å². The Morgan fingerprint density at radius 1 is 1.11 bits per heavy atom. The van der Waals surface area contributed by atoms with E-state index in [-0.39, 0.29) is 6.10 Å². The summed E-state index contributed by atoms with van der Waals surface area (Å²) in [6, 6.07) is 11.3. The molecule has 1 aromatic rings. The van der Waals surface area contributed by atoms with Gasteiger partial charge in [0.05, 0.1) is 6.10 Å². The number of hydrogen-bond acceptors (Lipinski definition) is 4. The minimum absolute atomic E-state index is 0.0973. The highest BCUT2D eigenvalue weighted by atomic mass is 16.3. The van der Waals surface area contributed by atoms with Gasteiger partial charge in [-0.25, -0.2) is 0 Å². The van der Waals surface area contributed by atoms with Crippen molar-refractivity contribution in [2.24, 2.45) is 0 Å². The molecule has 1 atom stereocenters. The molecule has 2 saturated heterocycles. The molecule has 0 aliphatic carbocycles. The predicted molar refractivity (Wildman–Crippen MR) is 75.7 cm³/mol. The molecule has 2 aliphatic rings. The van der Waals surface area contributed by atoms with Crippen LogP contribution in [0.25, 0.3) is 0 Å². The third-order valence-electron chi connectivity index (χ3n) is 4.06. The average molecular weight is 261 g/mol. The summed E-state index contributed by atoms with van der Waals surface area (Å²) in [5, 5.41) is 12.8. The van der Waals surface area contributed by atoms with Crippen LogP contribution in [0.5, 0.6) is 0 Å². The van der Waals surface area contributed by atoms with Gasteiger partial charge in [0.15, 0.2) is 0 Å². The molecule has 2 heterocycles. The minimum atomic E-state index is -0.0973. The van der Waals surface area contributed by atoms with E-state index in [1.54, 1.807) is 0 Å². The van der Waals surface area contributed by atoms with Crippen LogP contribution in [0.4, 0.5) is 0 Å². The van der Waals surface area contributed by atoms with Crippen LogP contribution in [0.15, 0.2) is 30.3 Å². The van der Waals surface area contributed by atoms with Crippen molar-refractivity contribution < 1.29 is 5.11 Å². The van der Waals surface area contributed by atoms with Crippen LogP contribution >= 0.6 is 0 Å². The normalized spacial score (nSPS) is 25.6. The summed E-state index contributed by atoms with van der Waals surface area (Å²) in [4.78, 5) is 4.77. The van der Waals surface area contributed by atoms with Crippen molar-refractivity contribution in [2.75, 3.05) is 32.8 Å². The molecule has 4 nitrogen and oxygen atoms in total. The molecule has 2 aliphatic heterocycles. The Hall–Kier alpha value is -0.940. The fourth-order valence-electron chi connectivity index (χ4n) is 2.91. The van der Waals surface area contributed by atoms with Crippen LogP contribution in [-0.4, -0.2) is 59.9 Å². The largest absolute Gasteiger partial charge is 0.390 e. The lowest BCUT2D eigenvalue weighted by Gasteiger charge is -2.36. The van der Waals surface area contributed by atoms with E-state index in [2.05, 4.69) is 45.4 Å². The van der Waals surface area contributed by atoms with Crippen LogP contribution in [0.3, 0.4) is 0 Å². The van der Waals surface area contributed by atoms with Crippen molar-refractivity contribution in [3.8, 4) is 0 Å². The van der Waals surface area contributed by atoms with Gasteiger partial charge in [0.1, 0.15) is 0 Å². The first-order valence-electron chi connectivity index (χ1n) is 7.20. The summed E-state index contributed by atoms with van der Waals surface area (Å²) >= 11 is 0. The van der Waals surface area contributed by atoms with E-state index < -0.39 is 0 Å². The second-order valence-corrected chi connectivity index (χ2v) is 5.76. The first kappa shape index (κ1) is 13.1. The maximum Gasteiger partial charge on any atom is 0.0794 e. The summed E-state index contributed by atoms with van der Waals surface area (Å²) in [6.45, 7) is 5.93. The zero-order valence-corrected chi connectivity index (χ0v) is 11.3. The molecule has 0 radical (unpaired) electrons. The van der Waals surface area contributed by atoms with E-state index in [4.69, 9.17) is 0 Å². The molecule has 0 bridgehead atoms. The number of nitrogens with zero attached hydrogens (tertiary/aromatic N) is 2. The van der Waals surface area contributed by atoms with Gasteiger partial charge in [0, 0.05) is 45.4 Å². The summed E-state index contributed by atoms with van der Waals surface area (Å²) in [6.07, 6.45) is 1.13. The number of benzene rings is 1. The third kappa shape index (κ3) is 3.54. The Kier molecular flexibility index (Phi) is 4.13. The molecular weight excluding hydrogens is 238 g/mol. The van der Waals surface area contributed by atoms with Gasteiger partial charge in [-0.3, -0.25) is 9.80 Å². The van der Waals surface area contributed by atoms with Crippen molar-refractivity contribution in [1.29, 1.82) is 0 Å². The zero-order chi connectivity index (χ0) is 13.1. The summed E-state index contributed by atoms with van der Waals surface area (Å²) in [7, 11) is 0. The Bertz CT molecular complexity index is 392. The van der Waals surface area contributed by atoms with Crippen LogP contribution in [0, 0.1) is 0 Å². The SMILES string of the molecule is OC1CN(CNC2CCN(Cc3ccccc3)C2)C1. The quantitative estimate of drug-likeness (QED) is 0.809. The van der Waals surface area contributed by atoms with Gasteiger partial charge in [-0.05, 0) is 12.0 Å². The van der Waals surface area contributed by atoms with E-state index in [1.165, 1.54) is 18.5 Å². The number of hydrogen-bond donors (Lipinski definition) is 2. The first-order chi connectivity index (χ1) is 9.29. The highest BCUT2D eigenvalue weighted by molar-refractivity contribution is 5.14. The molecule has 1 aromatic carbocycles. The molecule has 104 valence electrons. The highest BCUT2D eigenvalue weighted by Crippen LogP contribution is 2.14. The minimum Gasteiger partial charge on any atom is -0.390 e. The molecule has 0 aromatic heterocycles. The Labute approximate surface area is 115 Å². The number of nitrogens with one attached hydrogen (secondary N) is 1. The fourth-order valence-corrected chi connectivity index (χ4v) is 2.91. The fraction of sp³-hybridized carbons (Fsp3) is 0.600. The number of likely N-dealkylation sites (tertiary alicyclic amines) is 2. The van der Waals surface area contributed by atoms with Crippen LogP contribution < -0.4 is 5.32 Å². The maximum absolute atomic E-state index is 9.24. The van der Waals surface area contributed by atoms with E-state index in [1.807, 2.05) is 0 Å². The van der Waals surface area contributed by atoms with Crippen LogP contribution in [0.1, 0.15) is 12.0 Å². The van der Waals surface area contributed by atoms with Gasteiger partial charge < -0.3 is 10.4 Å². The Morgan fingerprint density at radius 2 is 1.89 bits per heavy atom. The van der Waals surface area contributed by atoms with Crippen molar-refractivity contribution in [3.63, 3.8) is 0 Å². The molecule has 0 spiro atoms. The Morgan fingerprint density at radius 3 is 2.63 bits per heavy atom. The molecular formula is C15H23N3O. The van der Waals surface area contributed by atoms with Crippen LogP contribution in [-0.2, 0) is 6.54 Å². The monoisotopic (exact) mass is 261 g/mol. The van der Waals surface area contributed by atoms with Crippen molar-refractivity contribution in [2.45, 2.75) is 25.1 Å². The van der Waals surface area contributed by atoms with E-state index >= 15 is 0 Å². The molecule has 1 unspecified atom stereocenters. The lowest BCUT2D eigenvalue weighted by atomic mass is 10.2. The molecule has 19 heavy (non-hydrogen) atoms. The maximum atomic E-state index is 9.24. The van der Waals surface area contributed by atoms with Crippen molar-refractivity contribution in [3.05, 3.63) is 35.9 Å². The van der Waals surface area contributed by atoms with Gasteiger partial charge in [0.2, 0.25) is 0 Å². The number of β-amino-alcohol motifs (C(OH)–C–C–N with tert-alkyl or cyclic N) is 1. The lowest BCUT2D eigenvalue weighted by Crippen LogP contribution is -2.55. The third-order valence-corrected chi connectivity index (χ3v) is 4.06. The molecule has 0 saturated carbocycles. The van der Waals surface area contributed by atoms with E-state index in [9.17, 15) is 5.11 Å². The van der Waals surface area contributed by atoms with Crippen LogP contribution in [0.2, 0.25) is 0 Å². The molecule has 2 fully saturated rings. The number of aliphatic hydroxyl groups excluding tert-OH is 1. The van der Waals surface area contributed by atoms with Crippen molar-refractivity contribution in [1.82, 2.24) is 15.1 Å². The summed E-state index contributed by atoms with van der Waals surface area (Å²) in [5.41, 5.74) is 1.40. The van der Waals surface area contributed by atoms with Gasteiger partial charge in [-0.15, -0.1) is 0 Å². The predicted octanol–water partition coefficient (Wildman–Crippen LogP) is 0.484. The molecule has 4 heteroatoms. The van der Waals surface area contributed by atoms with Crippen molar-refractivity contribution >= 4 is 0 Å². The van der Waals surface area contributed by atoms with Gasteiger partial charge in [-0.2, -0.15) is 0 Å². The first-order valence-corrected chi connectivity index (χ1v) is 7.20. The van der Waals surface area contributed by atoms with Gasteiger partial charge in [0.25, 0.3) is 0 Å². The topological polar surface area (TPSA) is 38.7 Å². The summed E-state index contributed by atoms with van der Waals surface area (Å²) < 4.78 is 0. The van der Waals surface area contributed by atoms with E-state index in [0.717, 1.165) is 32.8 Å². The standard InChI is InChI=1S/C15H23N3O/c19-15-10-18(11-15)12-16-14-6-7-17(9-14)8-13-4-2-1-3-5-13/h1-5,14-16,19H,6-12H2. The number of rotatable bonds is 5.